The summed E-state index contributed by atoms with van der Waals surface area (Å²) in [7, 11) is 0. The first-order valence-corrected chi connectivity index (χ1v) is 16.0. The lowest BCUT2D eigenvalue weighted by molar-refractivity contribution is -0.474. The molecule has 0 aliphatic heterocycles. The molecule has 0 saturated carbocycles. The maximum atomic E-state index is 14.2. The highest BCUT2D eigenvalue weighted by Gasteiger charge is 2.97. The Balaban J connectivity index is 3.13. The molecule has 0 N–H and O–H groups in total. The molecule has 0 bridgehead atoms. The van der Waals surface area contributed by atoms with Crippen LogP contribution >= 0.6 is 0 Å². The first kappa shape index (κ1) is 50.7. The summed E-state index contributed by atoms with van der Waals surface area (Å²) in [4.78, 5) is 24.2. The summed E-state index contributed by atoms with van der Waals surface area (Å²) in [5.41, 5.74) is -1.10. The molecule has 0 spiro atoms. The fourth-order valence-electron chi connectivity index (χ4n) is 4.51. The Hall–Kier alpha value is -3.31. The van der Waals surface area contributed by atoms with Crippen molar-refractivity contribution in [2.75, 3.05) is 6.61 Å². The van der Waals surface area contributed by atoms with Crippen molar-refractivity contribution in [3.63, 3.8) is 0 Å². The number of halogens is 21. The summed E-state index contributed by atoms with van der Waals surface area (Å²) < 4.78 is 294. The zero-order valence-corrected chi connectivity index (χ0v) is 28.4. The second-order valence-corrected chi connectivity index (χ2v) is 12.2. The van der Waals surface area contributed by atoms with Crippen molar-refractivity contribution >= 4 is 5.97 Å². The Kier molecular flexibility index (Phi) is 16.0. The summed E-state index contributed by atoms with van der Waals surface area (Å²) in [6.45, 7) is 0.0122. The van der Waals surface area contributed by atoms with Gasteiger partial charge < -0.3 is 9.47 Å². The molecule has 1 rings (SSSR count). The molecule has 0 unspecified atom stereocenters. The molecule has 25 heteroatoms. The van der Waals surface area contributed by atoms with Crippen LogP contribution in [0.25, 0.3) is 0 Å². The first-order chi connectivity index (χ1) is 25.1. The van der Waals surface area contributed by atoms with Crippen LogP contribution in [0, 0.1) is 0 Å². The number of hydrogen-bond acceptors (Lipinski definition) is 4. The van der Waals surface area contributed by atoms with Gasteiger partial charge in [0.1, 0.15) is 5.75 Å². The van der Waals surface area contributed by atoms with E-state index in [0.29, 0.717) is 37.1 Å². The van der Waals surface area contributed by atoms with E-state index in [1.807, 2.05) is 0 Å². The van der Waals surface area contributed by atoms with Gasteiger partial charge in [-0.2, -0.15) is 92.2 Å². The molecular formula is C31H31F21O4. The highest BCUT2D eigenvalue weighted by atomic mass is 19.4. The summed E-state index contributed by atoms with van der Waals surface area (Å²) >= 11 is 0. The van der Waals surface area contributed by atoms with Crippen LogP contribution in [0.4, 0.5) is 92.2 Å². The van der Waals surface area contributed by atoms with Crippen molar-refractivity contribution in [1.29, 1.82) is 0 Å². The lowest BCUT2D eigenvalue weighted by Gasteiger charge is -2.44. The Labute approximate surface area is 302 Å². The second-order valence-electron chi connectivity index (χ2n) is 12.2. The first-order valence-electron chi connectivity index (χ1n) is 16.0. The van der Waals surface area contributed by atoms with Gasteiger partial charge in [-0.25, -0.2) is 0 Å². The predicted octanol–water partition coefficient (Wildman–Crippen LogP) is 11.9. The number of rotatable bonds is 23. The zero-order chi connectivity index (χ0) is 44.0. The van der Waals surface area contributed by atoms with E-state index in [9.17, 15) is 102 Å². The third-order valence-electron chi connectivity index (χ3n) is 8.01. The van der Waals surface area contributed by atoms with Crippen molar-refractivity contribution < 1.29 is 106 Å². The molecule has 1 aromatic rings. The van der Waals surface area contributed by atoms with Gasteiger partial charge in [0.05, 0.1) is 13.0 Å². The quantitative estimate of drug-likeness (QED) is 0.0625. The van der Waals surface area contributed by atoms with Crippen LogP contribution in [0.5, 0.6) is 11.5 Å². The molecule has 4 nitrogen and oxygen atoms in total. The van der Waals surface area contributed by atoms with Gasteiger partial charge in [0.15, 0.2) is 5.75 Å². The summed E-state index contributed by atoms with van der Waals surface area (Å²) in [6.07, 6.45) is -3.25. The lowest BCUT2D eigenvalue weighted by atomic mass is 9.86. The van der Waals surface area contributed by atoms with Crippen LogP contribution in [0.1, 0.15) is 77.6 Å². The van der Waals surface area contributed by atoms with Gasteiger partial charge in [0.25, 0.3) is 0 Å². The van der Waals surface area contributed by atoms with Crippen molar-refractivity contribution in [1.82, 2.24) is 0 Å². The summed E-state index contributed by atoms with van der Waals surface area (Å²) in [6, 6.07) is 2.34. The van der Waals surface area contributed by atoms with Gasteiger partial charge in [-0.05, 0) is 30.7 Å². The molecular weight excluding hydrogens is 835 g/mol. The van der Waals surface area contributed by atoms with E-state index in [1.165, 1.54) is 0 Å². The number of ether oxygens (including phenoxy) is 2. The maximum Gasteiger partial charge on any atom is 0.460 e. The van der Waals surface area contributed by atoms with Crippen molar-refractivity contribution in [3.05, 3.63) is 34.5 Å². The molecule has 0 saturated heterocycles. The lowest BCUT2D eigenvalue weighted by Crippen LogP contribution is -2.76. The summed E-state index contributed by atoms with van der Waals surface area (Å²) in [5.74, 6) is -80.2. The Morgan fingerprint density at radius 2 is 0.875 bits per heavy atom. The minimum atomic E-state index is -9.25. The number of esters is 1. The predicted molar refractivity (Wildman–Crippen MR) is 151 cm³/mol. The maximum absolute atomic E-state index is 14.2. The molecule has 0 heterocycles. The van der Waals surface area contributed by atoms with Crippen LogP contribution in [-0.4, -0.2) is 72.1 Å². The van der Waals surface area contributed by atoms with Gasteiger partial charge in [-0.3, -0.25) is 9.59 Å². The van der Waals surface area contributed by atoms with Gasteiger partial charge in [-0.15, -0.1) is 0 Å². The molecule has 0 atom stereocenters. The number of carbonyl (C=O) groups excluding carboxylic acids is 1. The SMILES string of the molecule is CCCCCCCCCCCC(=O)Oc1ccc(OCCC(F)(F)C(F)(F)C(F)(F)C(F)(F)C(F)(F)C(F)(F)C(F)(F)C(F)(F)C(F)(F)C(F)(F)F)ccc1=O. The minimum absolute atomic E-state index is 0.170. The van der Waals surface area contributed by atoms with Crippen LogP contribution in [0.3, 0.4) is 0 Å². The normalized spacial score (nSPS) is 14.5. The minimum Gasteiger partial charge on any atom is -0.493 e. The molecule has 0 aromatic heterocycles. The van der Waals surface area contributed by atoms with Crippen molar-refractivity contribution in [2.24, 2.45) is 0 Å². The van der Waals surface area contributed by atoms with Crippen LogP contribution < -0.4 is 14.9 Å². The average molecular weight is 867 g/mol. The van der Waals surface area contributed by atoms with E-state index < -0.39 is 95.4 Å². The van der Waals surface area contributed by atoms with Gasteiger partial charge in [0.2, 0.25) is 5.43 Å². The largest absolute Gasteiger partial charge is 0.493 e. The average Bonchev–Trinajstić information content (AvgIpc) is 3.23. The fraction of sp³-hybridized carbons (Fsp3) is 0.742. The zero-order valence-electron chi connectivity index (χ0n) is 28.4. The topological polar surface area (TPSA) is 52.6 Å². The molecule has 1 aromatic carbocycles. The van der Waals surface area contributed by atoms with Gasteiger partial charge in [-0.1, -0.05) is 58.3 Å². The summed E-state index contributed by atoms with van der Waals surface area (Å²) in [5, 5.41) is 0. The van der Waals surface area contributed by atoms with E-state index in [4.69, 9.17) is 4.74 Å². The van der Waals surface area contributed by atoms with Gasteiger partial charge in [0, 0.05) is 6.42 Å². The number of unbranched alkanes of at least 4 members (excludes halogenated alkanes) is 8. The van der Waals surface area contributed by atoms with E-state index in [1.54, 1.807) is 0 Å². The van der Waals surface area contributed by atoms with Crippen LogP contribution in [0.2, 0.25) is 0 Å². The smallest absolute Gasteiger partial charge is 0.460 e. The van der Waals surface area contributed by atoms with E-state index in [2.05, 4.69) is 11.7 Å². The third-order valence-corrected chi connectivity index (χ3v) is 8.01. The highest BCUT2D eigenvalue weighted by molar-refractivity contribution is 5.72. The molecule has 56 heavy (non-hydrogen) atoms. The van der Waals surface area contributed by atoms with E-state index >= 15 is 0 Å². The Morgan fingerprint density at radius 3 is 1.30 bits per heavy atom. The van der Waals surface area contributed by atoms with Crippen LogP contribution in [-0.2, 0) is 4.79 Å². The van der Waals surface area contributed by atoms with E-state index in [0.717, 1.165) is 44.9 Å². The Morgan fingerprint density at radius 1 is 0.500 bits per heavy atom. The molecule has 0 aliphatic carbocycles. The number of carbonyl (C=O) groups is 1. The fourth-order valence-corrected chi connectivity index (χ4v) is 4.51. The van der Waals surface area contributed by atoms with Crippen molar-refractivity contribution in [2.45, 2.75) is 137 Å². The number of hydrogen-bond donors (Lipinski definition) is 0. The monoisotopic (exact) mass is 866 g/mol. The second kappa shape index (κ2) is 17.7. The van der Waals surface area contributed by atoms with Gasteiger partial charge >= 0.3 is 65.4 Å². The third kappa shape index (κ3) is 9.68. The molecule has 0 radical (unpaired) electrons. The number of alkyl halides is 21. The van der Waals surface area contributed by atoms with E-state index in [-0.39, 0.29) is 6.42 Å². The van der Waals surface area contributed by atoms with Crippen LogP contribution in [0.15, 0.2) is 29.1 Å². The Bertz CT molecular complexity index is 1510. The molecule has 0 aliphatic rings. The molecule has 326 valence electrons. The highest BCUT2D eigenvalue weighted by Crippen LogP contribution is 2.66. The molecule has 0 amide bonds. The molecule has 0 fully saturated rings. The standard InChI is InChI=1S/C31H31F21O4/c1-2-3-4-5-6-7-8-9-10-11-21(54)56-20-15-13-18(12-14-19(20)53)55-17-16-22(32,33)23(34,35)24(36,37)25(38,39)26(40,41)27(42,43)28(44,45)29(46,47)30(48,49)31(50,51)52/h12-15H,2-11,16-17H2,1H3. The van der Waals surface area contributed by atoms with Crippen molar-refractivity contribution in [3.8, 4) is 11.5 Å².